The summed E-state index contributed by atoms with van der Waals surface area (Å²) < 4.78 is 0. The van der Waals surface area contributed by atoms with E-state index in [0.29, 0.717) is 0 Å². The van der Waals surface area contributed by atoms with E-state index in [-0.39, 0.29) is 0 Å². The molecule has 0 spiro atoms. The first kappa shape index (κ1) is 31.6. The molecule has 0 bridgehead atoms. The fraction of sp³-hybridized carbons (Fsp3) is 0.267. The number of hydrogen-bond acceptors (Lipinski definition) is 8. The molecule has 0 saturated heterocycles. The molecule has 0 aliphatic carbocycles. The van der Waals surface area contributed by atoms with E-state index < -0.39 is 0 Å². The van der Waals surface area contributed by atoms with Gasteiger partial charge in [-0.15, -0.1) is 0 Å². The van der Waals surface area contributed by atoms with E-state index in [1.54, 1.807) is 31.1 Å². The molecule has 0 fully saturated rings. The lowest BCUT2D eigenvalue weighted by Crippen LogP contribution is -1.86. The summed E-state index contributed by atoms with van der Waals surface area (Å²) in [5.41, 5.74) is 7.71. The molecule has 0 saturated carbocycles. The van der Waals surface area contributed by atoms with E-state index >= 15 is 0 Å². The van der Waals surface area contributed by atoms with Crippen LogP contribution < -0.4 is 0 Å². The van der Waals surface area contributed by atoms with Crippen molar-refractivity contribution in [1.29, 1.82) is 0 Å². The third-order valence-electron chi connectivity index (χ3n) is 4.48. The van der Waals surface area contributed by atoms with Gasteiger partial charge in [0.2, 0.25) is 0 Å². The van der Waals surface area contributed by atoms with E-state index in [1.807, 2.05) is 91.1 Å². The number of hydrogen-bond donors (Lipinski definition) is 0. The molecule has 0 N–H and O–H groups in total. The lowest BCUT2D eigenvalue weighted by atomic mass is 10.3. The minimum absolute atomic E-state index is 0.838. The lowest BCUT2D eigenvalue weighted by molar-refractivity contribution is 1.01. The van der Waals surface area contributed by atoms with Gasteiger partial charge in [-0.1, -0.05) is 0 Å². The number of aromatic nitrogens is 8. The fourth-order valence-electron chi connectivity index (χ4n) is 2.63. The van der Waals surface area contributed by atoms with Crippen molar-refractivity contribution in [1.82, 2.24) is 39.9 Å². The van der Waals surface area contributed by atoms with Crippen molar-refractivity contribution >= 4 is 0 Å². The molecule has 0 aliphatic rings. The molecular weight excluding hydrogens is 472 g/mol. The Morgan fingerprint density at radius 2 is 0.921 bits per heavy atom. The maximum Gasteiger partial charge on any atom is 0.125 e. The molecular formula is C30H38N8. The first-order valence-corrected chi connectivity index (χ1v) is 12.2. The lowest BCUT2D eigenvalue weighted by Gasteiger charge is -1.90. The van der Waals surface area contributed by atoms with E-state index in [1.165, 1.54) is 17.5 Å². The minimum atomic E-state index is 0.838. The Morgan fingerprint density at radius 1 is 0.395 bits per heavy atom. The first-order valence-electron chi connectivity index (χ1n) is 12.2. The smallest absolute Gasteiger partial charge is 0.125 e. The zero-order valence-corrected chi connectivity index (χ0v) is 23.7. The average molecular weight is 511 g/mol. The second kappa shape index (κ2) is 18.8. The van der Waals surface area contributed by atoms with E-state index in [2.05, 4.69) is 52.9 Å². The van der Waals surface area contributed by atoms with Gasteiger partial charge < -0.3 is 0 Å². The van der Waals surface area contributed by atoms with Crippen LogP contribution in [0.15, 0.2) is 86.1 Å². The Bertz CT molecular complexity index is 1100. The van der Waals surface area contributed by atoms with E-state index in [9.17, 15) is 0 Å². The van der Waals surface area contributed by atoms with Gasteiger partial charge in [0, 0.05) is 59.5 Å². The Morgan fingerprint density at radius 3 is 1.24 bits per heavy atom. The molecule has 0 aliphatic heterocycles. The zero-order chi connectivity index (χ0) is 28.2. The molecule has 8 heteroatoms. The van der Waals surface area contributed by atoms with Crippen LogP contribution in [0.1, 0.15) is 45.4 Å². The largest absolute Gasteiger partial charge is 0.265 e. The number of nitrogens with zero attached hydrogens (tertiary/aromatic N) is 8. The molecule has 5 heterocycles. The van der Waals surface area contributed by atoms with Crippen LogP contribution in [0, 0.1) is 55.4 Å². The highest BCUT2D eigenvalue weighted by molar-refractivity contribution is 5.12. The summed E-state index contributed by atoms with van der Waals surface area (Å²) >= 11 is 0. The Balaban J connectivity index is 0.000000238. The van der Waals surface area contributed by atoms with Gasteiger partial charge in [0.05, 0.1) is 0 Å². The van der Waals surface area contributed by atoms with E-state index in [0.717, 1.165) is 34.3 Å². The minimum Gasteiger partial charge on any atom is -0.265 e. The van der Waals surface area contributed by atoms with Crippen LogP contribution in [0.2, 0.25) is 0 Å². The maximum atomic E-state index is 4.06. The normalized spacial score (nSPS) is 9.05. The van der Waals surface area contributed by atoms with Crippen LogP contribution in [0.5, 0.6) is 0 Å². The fourth-order valence-corrected chi connectivity index (χ4v) is 2.63. The second-order valence-electron chi connectivity index (χ2n) is 8.40. The maximum absolute atomic E-state index is 4.06. The molecule has 5 aromatic heterocycles. The van der Waals surface area contributed by atoms with Crippen LogP contribution in [0.25, 0.3) is 0 Å². The van der Waals surface area contributed by atoms with Crippen molar-refractivity contribution in [3.05, 3.63) is 132 Å². The third kappa shape index (κ3) is 17.0. The van der Waals surface area contributed by atoms with Gasteiger partial charge in [-0.05, 0) is 109 Å². The van der Waals surface area contributed by atoms with Crippen LogP contribution >= 0.6 is 0 Å². The highest BCUT2D eigenvalue weighted by Crippen LogP contribution is 1.96. The molecule has 0 aromatic carbocycles. The number of aryl methyl sites for hydroxylation is 8. The predicted octanol–water partition coefficient (Wildman–Crippen LogP) is 6.06. The van der Waals surface area contributed by atoms with Crippen molar-refractivity contribution < 1.29 is 0 Å². The van der Waals surface area contributed by atoms with E-state index in [4.69, 9.17) is 0 Å². The van der Waals surface area contributed by atoms with Gasteiger partial charge in [0.15, 0.2) is 0 Å². The summed E-state index contributed by atoms with van der Waals surface area (Å²) in [4.78, 5) is 31.3. The van der Waals surface area contributed by atoms with Crippen molar-refractivity contribution in [3.63, 3.8) is 0 Å². The summed E-state index contributed by atoms with van der Waals surface area (Å²) in [5, 5.41) is 0. The first-order chi connectivity index (χ1) is 18.2. The van der Waals surface area contributed by atoms with Gasteiger partial charge in [-0.3, -0.25) is 9.97 Å². The van der Waals surface area contributed by atoms with Crippen LogP contribution in [-0.4, -0.2) is 39.9 Å². The summed E-state index contributed by atoms with van der Waals surface area (Å²) in [7, 11) is 0. The highest BCUT2D eigenvalue weighted by atomic mass is 14.9. The van der Waals surface area contributed by atoms with Crippen molar-refractivity contribution in [2.75, 3.05) is 0 Å². The average Bonchev–Trinajstić information content (AvgIpc) is 2.86. The van der Waals surface area contributed by atoms with Crippen LogP contribution in [0.3, 0.4) is 0 Å². The van der Waals surface area contributed by atoms with Gasteiger partial charge in [-0.2, -0.15) is 0 Å². The Hall–Kier alpha value is -4.46. The van der Waals surface area contributed by atoms with Crippen LogP contribution in [0.4, 0.5) is 0 Å². The molecule has 0 radical (unpaired) electrons. The van der Waals surface area contributed by atoms with Gasteiger partial charge in [-0.25, -0.2) is 29.9 Å². The molecule has 0 unspecified atom stereocenters. The summed E-state index contributed by atoms with van der Waals surface area (Å²) in [6.07, 6.45) is 12.0. The second-order valence-corrected chi connectivity index (χ2v) is 8.40. The molecule has 0 amide bonds. The number of pyridine rings is 2. The van der Waals surface area contributed by atoms with Crippen molar-refractivity contribution in [2.24, 2.45) is 0 Å². The highest BCUT2D eigenvalue weighted by Gasteiger charge is 1.84. The monoisotopic (exact) mass is 510 g/mol. The Kier molecular flexibility index (Phi) is 15.6. The molecule has 38 heavy (non-hydrogen) atoms. The van der Waals surface area contributed by atoms with Gasteiger partial charge >= 0.3 is 0 Å². The predicted molar refractivity (Wildman–Crippen MR) is 152 cm³/mol. The quantitative estimate of drug-likeness (QED) is 0.248. The molecule has 198 valence electrons. The molecule has 0 atom stereocenters. The van der Waals surface area contributed by atoms with Crippen molar-refractivity contribution in [3.8, 4) is 0 Å². The molecule has 5 aromatic rings. The summed E-state index contributed by atoms with van der Waals surface area (Å²) in [6, 6.07) is 13.7. The van der Waals surface area contributed by atoms with Crippen LogP contribution in [-0.2, 0) is 0 Å². The topological polar surface area (TPSA) is 103 Å². The number of rotatable bonds is 0. The standard InChI is InChI=1S/C7H9N.2C6H8N2.C6H7N.C5H6N2/c1-6-3-4-8-7(2)5-6;1-5-3-6(2)8-4-7-5;1-5-3-4-7-6(2)8-5;1-6-2-4-7-5-3-6;1-5-2-3-6-4-7-5/h3-5H,1-2H3;2*3-4H,1-2H3;2-5H,1H3;2-4H,1H3. The third-order valence-corrected chi connectivity index (χ3v) is 4.48. The van der Waals surface area contributed by atoms with Gasteiger partial charge in [0.1, 0.15) is 18.5 Å². The SMILES string of the molecule is Cc1cc(C)ncn1.Cc1ccnc(C)c1.Cc1ccnc(C)n1.Cc1ccncc1.Cc1ccncn1. The molecule has 8 nitrogen and oxygen atoms in total. The Labute approximate surface area is 226 Å². The van der Waals surface area contributed by atoms with Gasteiger partial charge in [0.25, 0.3) is 0 Å². The summed E-state index contributed by atoms with van der Waals surface area (Å²) in [5.74, 6) is 0.838. The molecule has 5 rings (SSSR count). The summed E-state index contributed by atoms with van der Waals surface area (Å²) in [6.45, 7) is 15.8. The van der Waals surface area contributed by atoms with Crippen molar-refractivity contribution in [2.45, 2.75) is 55.4 Å². The zero-order valence-electron chi connectivity index (χ0n) is 23.7.